The predicted molar refractivity (Wildman–Crippen MR) is 56.2 cm³/mol. The summed E-state index contributed by atoms with van der Waals surface area (Å²) in [6.07, 6.45) is 1.95. The van der Waals surface area contributed by atoms with Crippen molar-refractivity contribution < 1.29 is 18.3 Å². The molecule has 0 saturated carbocycles. The lowest BCUT2D eigenvalue weighted by Gasteiger charge is -2.02. The summed E-state index contributed by atoms with van der Waals surface area (Å²) in [7, 11) is -3.81. The van der Waals surface area contributed by atoms with E-state index in [4.69, 9.17) is 10.9 Å². The molecule has 0 fully saturated rings. The van der Waals surface area contributed by atoms with Crippen molar-refractivity contribution in [2.45, 2.75) is 24.8 Å². The molecule has 90 valence electrons. The van der Waals surface area contributed by atoms with Crippen LogP contribution >= 0.6 is 0 Å². The Morgan fingerprint density at radius 1 is 1.62 bits per heavy atom. The molecule has 16 heavy (non-hydrogen) atoms. The standard InChI is InChI=1S/C8H13N3O4S/c1-2-3-11-5-6(16(14,15)10-9)4-7(11)8(12)13/h4-5,10H,2-3,9H2,1H3,(H,12,13). The number of rotatable bonds is 5. The molecule has 0 aliphatic heterocycles. The molecule has 0 amide bonds. The van der Waals surface area contributed by atoms with Crippen LogP contribution < -0.4 is 10.7 Å². The number of carboxylic acids is 1. The number of carbonyl (C=O) groups is 1. The number of aromatic nitrogens is 1. The Balaban J connectivity index is 3.26. The molecule has 0 atom stereocenters. The Morgan fingerprint density at radius 2 is 2.25 bits per heavy atom. The van der Waals surface area contributed by atoms with Crippen LogP contribution in [0.25, 0.3) is 0 Å². The van der Waals surface area contributed by atoms with Crippen LogP contribution in [0.4, 0.5) is 0 Å². The molecule has 0 aliphatic rings. The van der Waals surface area contributed by atoms with Gasteiger partial charge in [0.2, 0.25) is 0 Å². The van der Waals surface area contributed by atoms with Crippen molar-refractivity contribution in [2.75, 3.05) is 0 Å². The Bertz CT molecular complexity index is 491. The molecule has 0 bridgehead atoms. The SMILES string of the molecule is CCCn1cc(S(=O)(=O)NN)cc1C(=O)O. The zero-order chi connectivity index (χ0) is 12.3. The number of nitrogens with one attached hydrogen (secondary N) is 1. The van der Waals surface area contributed by atoms with Gasteiger partial charge in [-0.3, -0.25) is 5.84 Å². The van der Waals surface area contributed by atoms with Gasteiger partial charge in [-0.05, 0) is 12.5 Å². The van der Waals surface area contributed by atoms with Crippen LogP contribution in [0.3, 0.4) is 0 Å². The van der Waals surface area contributed by atoms with Gasteiger partial charge < -0.3 is 9.67 Å². The molecule has 1 rings (SSSR count). The van der Waals surface area contributed by atoms with E-state index in [1.807, 2.05) is 6.92 Å². The Kier molecular flexibility index (Phi) is 3.68. The fraction of sp³-hybridized carbons (Fsp3) is 0.375. The Labute approximate surface area is 92.9 Å². The first kappa shape index (κ1) is 12.7. The number of hydrazine groups is 1. The Morgan fingerprint density at radius 3 is 2.69 bits per heavy atom. The van der Waals surface area contributed by atoms with Gasteiger partial charge in [-0.2, -0.15) is 4.83 Å². The molecule has 1 heterocycles. The van der Waals surface area contributed by atoms with E-state index in [0.717, 1.165) is 6.07 Å². The third-order valence-corrected chi connectivity index (χ3v) is 3.17. The number of aryl methyl sites for hydroxylation is 1. The van der Waals surface area contributed by atoms with Crippen LogP contribution in [0.15, 0.2) is 17.2 Å². The minimum absolute atomic E-state index is 0.0734. The summed E-state index contributed by atoms with van der Waals surface area (Å²) in [5.41, 5.74) is -0.0734. The third-order valence-electron chi connectivity index (χ3n) is 2.02. The second kappa shape index (κ2) is 4.64. The van der Waals surface area contributed by atoms with Crippen LogP contribution in [0.5, 0.6) is 0 Å². The quantitative estimate of drug-likeness (QED) is 0.490. The van der Waals surface area contributed by atoms with E-state index < -0.39 is 16.0 Å². The molecule has 0 saturated heterocycles. The van der Waals surface area contributed by atoms with Crippen molar-refractivity contribution in [1.82, 2.24) is 9.40 Å². The average Bonchev–Trinajstić information content (AvgIpc) is 2.63. The summed E-state index contributed by atoms with van der Waals surface area (Å²) >= 11 is 0. The van der Waals surface area contributed by atoms with Gasteiger partial charge in [0.25, 0.3) is 10.0 Å². The highest BCUT2D eigenvalue weighted by molar-refractivity contribution is 7.89. The fourth-order valence-corrected chi connectivity index (χ4v) is 1.97. The van der Waals surface area contributed by atoms with Crippen molar-refractivity contribution >= 4 is 16.0 Å². The van der Waals surface area contributed by atoms with Gasteiger partial charge in [0, 0.05) is 12.7 Å². The highest BCUT2D eigenvalue weighted by atomic mass is 32.2. The minimum Gasteiger partial charge on any atom is -0.477 e. The number of nitrogens with two attached hydrogens (primary N) is 1. The maximum Gasteiger partial charge on any atom is 0.352 e. The lowest BCUT2D eigenvalue weighted by Crippen LogP contribution is -2.29. The molecular formula is C8H13N3O4S. The van der Waals surface area contributed by atoms with Crippen LogP contribution in [0.2, 0.25) is 0 Å². The number of sulfonamides is 1. The molecule has 4 N–H and O–H groups in total. The zero-order valence-corrected chi connectivity index (χ0v) is 9.49. The second-order valence-corrected chi connectivity index (χ2v) is 4.89. The monoisotopic (exact) mass is 247 g/mol. The largest absolute Gasteiger partial charge is 0.477 e. The molecule has 0 unspecified atom stereocenters. The van der Waals surface area contributed by atoms with E-state index in [1.165, 1.54) is 10.8 Å². The van der Waals surface area contributed by atoms with Crippen molar-refractivity contribution in [1.29, 1.82) is 0 Å². The second-order valence-electron chi connectivity index (χ2n) is 3.18. The topological polar surface area (TPSA) is 114 Å². The van der Waals surface area contributed by atoms with E-state index in [9.17, 15) is 13.2 Å². The minimum atomic E-state index is -3.81. The zero-order valence-electron chi connectivity index (χ0n) is 8.67. The maximum absolute atomic E-state index is 11.4. The average molecular weight is 247 g/mol. The first-order valence-electron chi connectivity index (χ1n) is 4.58. The summed E-state index contributed by atoms with van der Waals surface area (Å²) in [5.74, 6) is 3.68. The normalized spacial score (nSPS) is 11.6. The molecule has 0 aromatic carbocycles. The summed E-state index contributed by atoms with van der Waals surface area (Å²) in [6, 6.07) is 1.08. The van der Waals surface area contributed by atoms with Gasteiger partial charge >= 0.3 is 5.97 Å². The molecule has 0 spiro atoms. The summed E-state index contributed by atoms with van der Waals surface area (Å²) in [6.45, 7) is 2.29. The number of nitrogens with zero attached hydrogens (tertiary/aromatic N) is 1. The first-order chi connectivity index (χ1) is 7.42. The van der Waals surface area contributed by atoms with E-state index in [-0.39, 0.29) is 10.6 Å². The predicted octanol–water partition coefficient (Wildman–Crippen LogP) is -0.252. The highest BCUT2D eigenvalue weighted by Crippen LogP contribution is 2.14. The molecule has 1 aromatic rings. The Hall–Kier alpha value is -1.38. The molecular weight excluding hydrogens is 234 g/mol. The van der Waals surface area contributed by atoms with Gasteiger partial charge in [-0.1, -0.05) is 6.92 Å². The van der Waals surface area contributed by atoms with E-state index in [2.05, 4.69) is 0 Å². The smallest absolute Gasteiger partial charge is 0.352 e. The van der Waals surface area contributed by atoms with Crippen molar-refractivity contribution in [3.63, 3.8) is 0 Å². The number of hydrogen-bond donors (Lipinski definition) is 3. The van der Waals surface area contributed by atoms with Gasteiger partial charge in [-0.25, -0.2) is 13.2 Å². The van der Waals surface area contributed by atoms with Gasteiger partial charge in [0.05, 0.1) is 0 Å². The molecule has 1 aromatic heterocycles. The van der Waals surface area contributed by atoms with E-state index >= 15 is 0 Å². The van der Waals surface area contributed by atoms with Gasteiger partial charge in [0.1, 0.15) is 10.6 Å². The lowest BCUT2D eigenvalue weighted by molar-refractivity contribution is 0.0685. The van der Waals surface area contributed by atoms with Crippen LogP contribution in [0.1, 0.15) is 23.8 Å². The van der Waals surface area contributed by atoms with E-state index in [0.29, 0.717) is 13.0 Å². The van der Waals surface area contributed by atoms with Crippen molar-refractivity contribution in [3.05, 3.63) is 18.0 Å². The highest BCUT2D eigenvalue weighted by Gasteiger charge is 2.19. The summed E-state index contributed by atoms with van der Waals surface area (Å²) in [5, 5.41) is 8.88. The van der Waals surface area contributed by atoms with Crippen LogP contribution in [-0.4, -0.2) is 24.1 Å². The summed E-state index contributed by atoms with van der Waals surface area (Å²) in [4.78, 5) is 12.4. The third kappa shape index (κ3) is 2.40. The van der Waals surface area contributed by atoms with Crippen LogP contribution in [0, 0.1) is 0 Å². The van der Waals surface area contributed by atoms with Gasteiger partial charge in [-0.15, -0.1) is 0 Å². The summed E-state index contributed by atoms with van der Waals surface area (Å²) < 4.78 is 24.1. The van der Waals surface area contributed by atoms with Crippen LogP contribution in [-0.2, 0) is 16.6 Å². The fourth-order valence-electron chi connectivity index (χ4n) is 1.30. The van der Waals surface area contributed by atoms with Gasteiger partial charge in [0.15, 0.2) is 0 Å². The number of hydrogen-bond acceptors (Lipinski definition) is 4. The molecule has 0 aliphatic carbocycles. The van der Waals surface area contributed by atoms with Crippen molar-refractivity contribution in [3.8, 4) is 0 Å². The molecule has 8 heteroatoms. The number of carboxylic acid groups (broad SMARTS) is 1. The van der Waals surface area contributed by atoms with Crippen molar-refractivity contribution in [2.24, 2.45) is 5.84 Å². The van der Waals surface area contributed by atoms with E-state index in [1.54, 1.807) is 4.83 Å². The lowest BCUT2D eigenvalue weighted by atomic mass is 10.4. The molecule has 0 radical (unpaired) electrons. The maximum atomic E-state index is 11.4. The number of aromatic carboxylic acids is 1. The first-order valence-corrected chi connectivity index (χ1v) is 6.06. The molecule has 7 nitrogen and oxygen atoms in total.